The molecule has 0 aliphatic heterocycles. The van der Waals surface area contributed by atoms with Crippen LogP contribution in [0.15, 0.2) is 22.7 Å². The Balaban J connectivity index is 2.63. The largest absolute Gasteiger partial charge is 0.493 e. The van der Waals surface area contributed by atoms with Crippen molar-refractivity contribution in [1.29, 1.82) is 0 Å². The van der Waals surface area contributed by atoms with Crippen LogP contribution in [0.25, 0.3) is 0 Å². The van der Waals surface area contributed by atoms with Gasteiger partial charge in [0, 0.05) is 4.47 Å². The lowest BCUT2D eigenvalue weighted by Gasteiger charge is -2.12. The maximum atomic E-state index is 5.74. The molecule has 0 aliphatic carbocycles. The minimum absolute atomic E-state index is 0.599. The molecule has 0 aliphatic rings. The van der Waals surface area contributed by atoms with Crippen LogP contribution in [0, 0.1) is 5.92 Å². The van der Waals surface area contributed by atoms with Gasteiger partial charge in [-0.25, -0.2) is 0 Å². The van der Waals surface area contributed by atoms with Crippen molar-refractivity contribution >= 4 is 15.9 Å². The summed E-state index contributed by atoms with van der Waals surface area (Å²) >= 11 is 3.51. The summed E-state index contributed by atoms with van der Waals surface area (Å²) in [5, 5.41) is 0. The van der Waals surface area contributed by atoms with E-state index in [1.807, 2.05) is 12.1 Å². The maximum Gasteiger partial charge on any atom is 0.119 e. The summed E-state index contributed by atoms with van der Waals surface area (Å²) in [6.45, 7) is 5.81. The zero-order valence-corrected chi connectivity index (χ0v) is 11.6. The van der Waals surface area contributed by atoms with E-state index in [2.05, 4.69) is 35.8 Å². The molecule has 0 saturated heterocycles. The number of rotatable bonds is 6. The highest BCUT2D eigenvalue weighted by Crippen LogP contribution is 2.23. The van der Waals surface area contributed by atoms with Gasteiger partial charge in [-0.1, -0.05) is 36.2 Å². The normalized spacial score (nSPS) is 12.5. The molecule has 1 aromatic rings. The molecule has 1 rings (SSSR count). The molecule has 0 bridgehead atoms. The van der Waals surface area contributed by atoms with Crippen LogP contribution in [0.4, 0.5) is 0 Å². The Morgan fingerprint density at radius 1 is 1.44 bits per heavy atom. The Kier molecular flexibility index (Phi) is 5.85. The Hall–Kier alpha value is -0.540. The first-order valence-corrected chi connectivity index (χ1v) is 6.58. The molecule has 0 aromatic heterocycles. The van der Waals surface area contributed by atoms with E-state index in [1.165, 1.54) is 5.56 Å². The van der Waals surface area contributed by atoms with Crippen molar-refractivity contribution in [2.75, 3.05) is 13.2 Å². The van der Waals surface area contributed by atoms with Gasteiger partial charge in [0.05, 0.1) is 6.61 Å². The first-order chi connectivity index (χ1) is 7.67. The van der Waals surface area contributed by atoms with Gasteiger partial charge in [0.25, 0.3) is 0 Å². The fourth-order valence-corrected chi connectivity index (χ4v) is 1.79. The summed E-state index contributed by atoms with van der Waals surface area (Å²) in [6.07, 6.45) is 2.02. The van der Waals surface area contributed by atoms with Crippen LogP contribution < -0.4 is 10.5 Å². The minimum Gasteiger partial charge on any atom is -0.493 e. The van der Waals surface area contributed by atoms with E-state index >= 15 is 0 Å². The Morgan fingerprint density at radius 3 is 2.81 bits per heavy atom. The van der Waals surface area contributed by atoms with Crippen LogP contribution in [-0.4, -0.2) is 13.2 Å². The summed E-state index contributed by atoms with van der Waals surface area (Å²) in [4.78, 5) is 0. The van der Waals surface area contributed by atoms with Crippen LogP contribution in [0.2, 0.25) is 0 Å². The summed E-state index contributed by atoms with van der Waals surface area (Å²) in [5.41, 5.74) is 6.77. The Labute approximate surface area is 106 Å². The van der Waals surface area contributed by atoms with E-state index in [1.54, 1.807) is 0 Å². The van der Waals surface area contributed by atoms with Gasteiger partial charge in [-0.05, 0) is 42.6 Å². The molecule has 0 heterocycles. The standard InChI is InChI=1S/C13H20BrNO/c1-3-10(2)9-16-12-4-5-13(14)11(8-12)6-7-15/h4-5,8,10H,3,6-7,9,15H2,1-2H3. The van der Waals surface area contributed by atoms with Crippen LogP contribution in [0.3, 0.4) is 0 Å². The highest BCUT2D eigenvalue weighted by atomic mass is 79.9. The number of ether oxygens (including phenoxy) is 1. The molecule has 2 N–H and O–H groups in total. The monoisotopic (exact) mass is 285 g/mol. The second-order valence-electron chi connectivity index (χ2n) is 4.12. The minimum atomic E-state index is 0.599. The molecular weight excluding hydrogens is 266 g/mol. The lowest BCUT2D eigenvalue weighted by Crippen LogP contribution is -2.08. The molecule has 1 unspecified atom stereocenters. The molecule has 0 fully saturated rings. The van der Waals surface area contributed by atoms with Gasteiger partial charge in [0.15, 0.2) is 0 Å². The van der Waals surface area contributed by atoms with Crippen LogP contribution >= 0.6 is 15.9 Å². The van der Waals surface area contributed by atoms with Crippen molar-refractivity contribution in [2.45, 2.75) is 26.7 Å². The van der Waals surface area contributed by atoms with E-state index < -0.39 is 0 Å². The number of nitrogens with two attached hydrogens (primary N) is 1. The maximum absolute atomic E-state index is 5.74. The zero-order chi connectivity index (χ0) is 12.0. The van der Waals surface area contributed by atoms with E-state index in [4.69, 9.17) is 10.5 Å². The molecular formula is C13H20BrNO. The number of halogens is 1. The lowest BCUT2D eigenvalue weighted by molar-refractivity contribution is 0.256. The molecule has 90 valence electrons. The summed E-state index contributed by atoms with van der Waals surface area (Å²) in [7, 11) is 0. The second kappa shape index (κ2) is 6.92. The van der Waals surface area contributed by atoms with Crippen molar-refractivity contribution in [1.82, 2.24) is 0 Å². The third-order valence-electron chi connectivity index (χ3n) is 2.66. The van der Waals surface area contributed by atoms with E-state index in [9.17, 15) is 0 Å². The van der Waals surface area contributed by atoms with Crippen molar-refractivity contribution in [2.24, 2.45) is 11.7 Å². The summed E-state index contributed by atoms with van der Waals surface area (Å²) in [6, 6.07) is 6.09. The first kappa shape index (κ1) is 13.5. The average Bonchev–Trinajstić information content (AvgIpc) is 2.30. The van der Waals surface area contributed by atoms with Gasteiger partial charge >= 0.3 is 0 Å². The predicted octanol–water partition coefficient (Wildman–Crippen LogP) is 3.38. The summed E-state index contributed by atoms with van der Waals surface area (Å²) in [5.74, 6) is 1.54. The topological polar surface area (TPSA) is 35.2 Å². The fraction of sp³-hybridized carbons (Fsp3) is 0.538. The smallest absolute Gasteiger partial charge is 0.119 e. The van der Waals surface area contributed by atoms with Crippen molar-refractivity contribution < 1.29 is 4.74 Å². The van der Waals surface area contributed by atoms with Gasteiger partial charge in [-0.15, -0.1) is 0 Å². The van der Waals surface area contributed by atoms with Crippen LogP contribution in [0.5, 0.6) is 5.75 Å². The average molecular weight is 286 g/mol. The molecule has 0 spiro atoms. The van der Waals surface area contributed by atoms with Crippen molar-refractivity contribution in [3.8, 4) is 5.75 Å². The van der Waals surface area contributed by atoms with E-state index in [0.717, 1.165) is 29.7 Å². The third-order valence-corrected chi connectivity index (χ3v) is 3.44. The van der Waals surface area contributed by atoms with Crippen LogP contribution in [0.1, 0.15) is 25.8 Å². The molecule has 1 atom stereocenters. The molecule has 16 heavy (non-hydrogen) atoms. The lowest BCUT2D eigenvalue weighted by atomic mass is 10.1. The summed E-state index contributed by atoms with van der Waals surface area (Å²) < 4.78 is 6.84. The van der Waals surface area contributed by atoms with Gasteiger partial charge in [0.1, 0.15) is 5.75 Å². The van der Waals surface area contributed by atoms with Crippen molar-refractivity contribution in [3.05, 3.63) is 28.2 Å². The van der Waals surface area contributed by atoms with Crippen LogP contribution in [-0.2, 0) is 6.42 Å². The third kappa shape index (κ3) is 4.14. The van der Waals surface area contributed by atoms with Gasteiger partial charge < -0.3 is 10.5 Å². The highest BCUT2D eigenvalue weighted by molar-refractivity contribution is 9.10. The van der Waals surface area contributed by atoms with E-state index in [0.29, 0.717) is 12.5 Å². The number of benzene rings is 1. The van der Waals surface area contributed by atoms with E-state index in [-0.39, 0.29) is 0 Å². The molecule has 1 aromatic carbocycles. The highest BCUT2D eigenvalue weighted by Gasteiger charge is 2.04. The quantitative estimate of drug-likeness (QED) is 0.870. The van der Waals surface area contributed by atoms with Gasteiger partial charge in [-0.2, -0.15) is 0 Å². The molecule has 0 saturated carbocycles. The number of hydrogen-bond acceptors (Lipinski definition) is 2. The van der Waals surface area contributed by atoms with Crippen molar-refractivity contribution in [3.63, 3.8) is 0 Å². The second-order valence-corrected chi connectivity index (χ2v) is 4.97. The fourth-order valence-electron chi connectivity index (χ4n) is 1.34. The zero-order valence-electron chi connectivity index (χ0n) is 10.0. The first-order valence-electron chi connectivity index (χ1n) is 5.78. The molecule has 0 radical (unpaired) electrons. The number of hydrogen-bond donors (Lipinski definition) is 1. The molecule has 2 nitrogen and oxygen atoms in total. The Bertz CT molecular complexity index is 328. The molecule has 3 heteroatoms. The SMILES string of the molecule is CCC(C)COc1ccc(Br)c(CCN)c1. The predicted molar refractivity (Wildman–Crippen MR) is 71.9 cm³/mol. The Morgan fingerprint density at radius 2 is 2.19 bits per heavy atom. The van der Waals surface area contributed by atoms with Gasteiger partial charge in [-0.3, -0.25) is 0 Å². The molecule has 0 amide bonds. The van der Waals surface area contributed by atoms with Gasteiger partial charge in [0.2, 0.25) is 0 Å².